The number of carbonyl (C=O) groups is 1. The molecule has 0 saturated heterocycles. The van der Waals surface area contributed by atoms with Gasteiger partial charge in [-0.2, -0.15) is 0 Å². The van der Waals surface area contributed by atoms with Gasteiger partial charge in [0, 0.05) is 31.2 Å². The molecule has 25 heavy (non-hydrogen) atoms. The van der Waals surface area contributed by atoms with Crippen LogP contribution in [0.5, 0.6) is 0 Å². The predicted octanol–water partition coefficient (Wildman–Crippen LogP) is 2.38. The molecule has 0 aromatic heterocycles. The minimum Gasteiger partial charge on any atom is -0.372 e. The SMILES string of the molecule is CCN(CC)c1ccc(N(CCNC(=O)C(C)C)S(C)(=O)=O)c(C)c1. The van der Waals surface area contributed by atoms with E-state index in [1.807, 2.05) is 25.1 Å². The first-order valence-electron chi connectivity index (χ1n) is 8.72. The molecule has 1 amide bonds. The lowest BCUT2D eigenvalue weighted by Crippen LogP contribution is -2.39. The summed E-state index contributed by atoms with van der Waals surface area (Å²) in [5, 5.41) is 2.77. The normalized spacial score (nSPS) is 11.5. The highest BCUT2D eigenvalue weighted by Crippen LogP contribution is 2.27. The smallest absolute Gasteiger partial charge is 0.232 e. The van der Waals surface area contributed by atoms with E-state index in [2.05, 4.69) is 24.1 Å². The standard InChI is InChI=1S/C18H31N3O3S/c1-7-20(8-2)16-9-10-17(15(5)13-16)21(25(6,23)24)12-11-19-18(22)14(3)4/h9-10,13-14H,7-8,11-12H2,1-6H3,(H,19,22). The average molecular weight is 370 g/mol. The number of hydrogen-bond acceptors (Lipinski definition) is 4. The third-order valence-corrected chi connectivity index (χ3v) is 5.30. The van der Waals surface area contributed by atoms with Crippen LogP contribution in [0.15, 0.2) is 18.2 Å². The Morgan fingerprint density at radius 3 is 2.24 bits per heavy atom. The van der Waals surface area contributed by atoms with Crippen molar-refractivity contribution >= 4 is 27.3 Å². The maximum Gasteiger partial charge on any atom is 0.232 e. The number of benzene rings is 1. The summed E-state index contributed by atoms with van der Waals surface area (Å²) in [6.45, 7) is 12.0. The lowest BCUT2D eigenvalue weighted by Gasteiger charge is -2.27. The molecule has 1 N–H and O–H groups in total. The van der Waals surface area contributed by atoms with E-state index >= 15 is 0 Å². The predicted molar refractivity (Wildman–Crippen MR) is 105 cm³/mol. The van der Waals surface area contributed by atoms with Crippen LogP contribution in [0.25, 0.3) is 0 Å². The van der Waals surface area contributed by atoms with E-state index in [0.29, 0.717) is 5.69 Å². The van der Waals surface area contributed by atoms with Gasteiger partial charge in [0.15, 0.2) is 0 Å². The number of amides is 1. The first-order chi connectivity index (χ1) is 11.6. The van der Waals surface area contributed by atoms with Gasteiger partial charge < -0.3 is 10.2 Å². The number of sulfonamides is 1. The van der Waals surface area contributed by atoms with Gasteiger partial charge in [0.05, 0.1) is 18.5 Å². The monoisotopic (exact) mass is 369 g/mol. The lowest BCUT2D eigenvalue weighted by molar-refractivity contribution is -0.123. The molecule has 0 spiro atoms. The molecule has 0 unspecified atom stereocenters. The molecule has 7 heteroatoms. The molecule has 0 radical (unpaired) electrons. The zero-order chi connectivity index (χ0) is 19.2. The summed E-state index contributed by atoms with van der Waals surface area (Å²) >= 11 is 0. The Kier molecular flexibility index (Phi) is 7.73. The largest absolute Gasteiger partial charge is 0.372 e. The molecule has 0 atom stereocenters. The van der Waals surface area contributed by atoms with Gasteiger partial charge in [0.1, 0.15) is 0 Å². The van der Waals surface area contributed by atoms with E-state index in [0.717, 1.165) is 24.3 Å². The van der Waals surface area contributed by atoms with Crippen LogP contribution in [-0.2, 0) is 14.8 Å². The second kappa shape index (κ2) is 9.08. The quantitative estimate of drug-likeness (QED) is 0.725. The van der Waals surface area contributed by atoms with Gasteiger partial charge in [-0.1, -0.05) is 13.8 Å². The van der Waals surface area contributed by atoms with Gasteiger partial charge in [0.25, 0.3) is 0 Å². The molecular weight excluding hydrogens is 338 g/mol. The van der Waals surface area contributed by atoms with Crippen molar-refractivity contribution in [2.24, 2.45) is 5.92 Å². The number of aryl methyl sites for hydroxylation is 1. The van der Waals surface area contributed by atoms with Crippen molar-refractivity contribution in [3.8, 4) is 0 Å². The number of nitrogens with one attached hydrogen (secondary N) is 1. The zero-order valence-corrected chi connectivity index (χ0v) is 17.0. The minimum atomic E-state index is -3.43. The third kappa shape index (κ3) is 5.92. The van der Waals surface area contributed by atoms with Crippen molar-refractivity contribution in [2.45, 2.75) is 34.6 Å². The van der Waals surface area contributed by atoms with Crippen LogP contribution in [0.2, 0.25) is 0 Å². The highest BCUT2D eigenvalue weighted by Gasteiger charge is 2.20. The fraction of sp³-hybridized carbons (Fsp3) is 0.611. The Bertz CT molecular complexity index is 683. The lowest BCUT2D eigenvalue weighted by atomic mass is 10.1. The number of rotatable bonds is 9. The van der Waals surface area contributed by atoms with Crippen molar-refractivity contribution in [1.29, 1.82) is 0 Å². The van der Waals surface area contributed by atoms with Crippen molar-refractivity contribution in [3.63, 3.8) is 0 Å². The molecule has 1 aromatic carbocycles. The number of anilines is 2. The summed E-state index contributed by atoms with van der Waals surface area (Å²) < 4.78 is 25.8. The number of nitrogens with zero attached hydrogens (tertiary/aromatic N) is 2. The second-order valence-electron chi connectivity index (χ2n) is 6.42. The van der Waals surface area contributed by atoms with E-state index < -0.39 is 10.0 Å². The van der Waals surface area contributed by atoms with Gasteiger partial charge in [0.2, 0.25) is 15.9 Å². The molecule has 0 fully saturated rings. The van der Waals surface area contributed by atoms with E-state index in [-0.39, 0.29) is 24.9 Å². The maximum atomic E-state index is 12.2. The summed E-state index contributed by atoms with van der Waals surface area (Å²) in [6, 6.07) is 5.79. The number of hydrogen-bond donors (Lipinski definition) is 1. The summed E-state index contributed by atoms with van der Waals surface area (Å²) in [4.78, 5) is 13.9. The summed E-state index contributed by atoms with van der Waals surface area (Å²) in [5.74, 6) is -0.205. The number of carbonyl (C=O) groups excluding carboxylic acids is 1. The molecular formula is C18H31N3O3S. The summed E-state index contributed by atoms with van der Waals surface area (Å²) in [5.41, 5.74) is 2.62. The van der Waals surface area contributed by atoms with Crippen molar-refractivity contribution in [1.82, 2.24) is 5.32 Å². The Morgan fingerprint density at radius 2 is 1.80 bits per heavy atom. The van der Waals surface area contributed by atoms with E-state index in [9.17, 15) is 13.2 Å². The molecule has 0 aliphatic heterocycles. The maximum absolute atomic E-state index is 12.2. The van der Waals surface area contributed by atoms with E-state index in [1.54, 1.807) is 13.8 Å². The molecule has 1 rings (SSSR count). The molecule has 0 saturated carbocycles. The van der Waals surface area contributed by atoms with Gasteiger partial charge in [-0.3, -0.25) is 9.10 Å². The van der Waals surface area contributed by atoms with Gasteiger partial charge >= 0.3 is 0 Å². The molecule has 0 bridgehead atoms. The highest BCUT2D eigenvalue weighted by atomic mass is 32.2. The van der Waals surface area contributed by atoms with Gasteiger partial charge in [-0.05, 0) is 44.5 Å². The van der Waals surface area contributed by atoms with Crippen LogP contribution < -0.4 is 14.5 Å². The van der Waals surface area contributed by atoms with Crippen LogP contribution >= 0.6 is 0 Å². The fourth-order valence-electron chi connectivity index (χ4n) is 2.65. The van der Waals surface area contributed by atoms with Crippen LogP contribution in [0.1, 0.15) is 33.3 Å². The average Bonchev–Trinajstić information content (AvgIpc) is 2.52. The van der Waals surface area contributed by atoms with Crippen LogP contribution in [0.4, 0.5) is 11.4 Å². The Labute approximate surface area is 152 Å². The van der Waals surface area contributed by atoms with Crippen LogP contribution in [-0.4, -0.2) is 46.8 Å². The highest BCUT2D eigenvalue weighted by molar-refractivity contribution is 7.92. The van der Waals surface area contributed by atoms with Crippen molar-refractivity contribution in [2.75, 3.05) is 41.6 Å². The Hall–Kier alpha value is -1.76. The van der Waals surface area contributed by atoms with Gasteiger partial charge in [-0.25, -0.2) is 8.42 Å². The molecule has 6 nitrogen and oxygen atoms in total. The topological polar surface area (TPSA) is 69.7 Å². The Morgan fingerprint density at radius 1 is 1.20 bits per heavy atom. The summed E-state index contributed by atoms with van der Waals surface area (Å²) in [6.07, 6.45) is 1.19. The summed E-state index contributed by atoms with van der Waals surface area (Å²) in [7, 11) is -3.43. The third-order valence-electron chi connectivity index (χ3n) is 4.12. The van der Waals surface area contributed by atoms with Crippen LogP contribution in [0, 0.1) is 12.8 Å². The van der Waals surface area contributed by atoms with Crippen molar-refractivity contribution in [3.05, 3.63) is 23.8 Å². The molecule has 0 heterocycles. The molecule has 0 aliphatic carbocycles. The molecule has 142 valence electrons. The van der Waals surface area contributed by atoms with Gasteiger partial charge in [-0.15, -0.1) is 0 Å². The van der Waals surface area contributed by atoms with Crippen molar-refractivity contribution < 1.29 is 13.2 Å². The first-order valence-corrected chi connectivity index (χ1v) is 10.6. The van der Waals surface area contributed by atoms with E-state index in [1.165, 1.54) is 10.6 Å². The zero-order valence-electron chi connectivity index (χ0n) is 16.2. The molecule has 0 aliphatic rings. The fourth-order valence-corrected chi connectivity index (χ4v) is 3.64. The Balaban J connectivity index is 3.02. The molecule has 1 aromatic rings. The first kappa shape index (κ1) is 21.3. The van der Waals surface area contributed by atoms with Crippen LogP contribution in [0.3, 0.4) is 0 Å². The van der Waals surface area contributed by atoms with E-state index in [4.69, 9.17) is 0 Å². The second-order valence-corrected chi connectivity index (χ2v) is 8.33. The minimum absolute atomic E-state index is 0.0814.